The van der Waals surface area contributed by atoms with Crippen LogP contribution in [-0.4, -0.2) is 16.1 Å². The van der Waals surface area contributed by atoms with Crippen LogP contribution >= 0.6 is 0 Å². The largest absolute Gasteiger partial charge is 0.478 e. The molecule has 0 atom stereocenters. The van der Waals surface area contributed by atoms with Gasteiger partial charge in [-0.25, -0.2) is 9.78 Å². The lowest BCUT2D eigenvalue weighted by Crippen LogP contribution is -1.95. The monoisotopic (exact) mass is 219 g/mol. The molecular formula is C12H13NO3. The summed E-state index contributed by atoms with van der Waals surface area (Å²) in [5.74, 6) is 0.0397. The number of fused-ring (bicyclic) bond motifs is 1. The van der Waals surface area contributed by atoms with E-state index in [1.54, 1.807) is 12.1 Å². The second-order valence-corrected chi connectivity index (χ2v) is 4.16. The molecule has 0 saturated heterocycles. The first-order chi connectivity index (χ1) is 7.58. The first kappa shape index (κ1) is 10.7. The van der Waals surface area contributed by atoms with Crippen LogP contribution in [0.2, 0.25) is 0 Å². The van der Waals surface area contributed by atoms with E-state index in [0.717, 1.165) is 0 Å². The van der Waals surface area contributed by atoms with Gasteiger partial charge in [-0.05, 0) is 18.1 Å². The zero-order valence-electron chi connectivity index (χ0n) is 9.23. The lowest BCUT2D eigenvalue weighted by Gasteiger charge is -1.97. The van der Waals surface area contributed by atoms with Gasteiger partial charge in [0.1, 0.15) is 11.1 Å². The summed E-state index contributed by atoms with van der Waals surface area (Å²) in [7, 11) is 0. The molecule has 0 spiro atoms. The third kappa shape index (κ3) is 1.91. The van der Waals surface area contributed by atoms with Crippen molar-refractivity contribution in [2.24, 2.45) is 5.92 Å². The highest BCUT2D eigenvalue weighted by Crippen LogP contribution is 2.21. The van der Waals surface area contributed by atoms with Crippen LogP contribution in [0, 0.1) is 5.92 Å². The molecule has 0 aliphatic rings. The van der Waals surface area contributed by atoms with Gasteiger partial charge in [0, 0.05) is 6.42 Å². The minimum atomic E-state index is -0.988. The molecule has 1 N–H and O–H groups in total. The Hall–Kier alpha value is -1.84. The standard InChI is InChI=1S/C12H13NO3/c1-7(2)6-10-13-9-5-3-4-8(12(14)15)11(9)16-10/h3-5,7H,6H2,1-2H3,(H,14,15). The van der Waals surface area contributed by atoms with Crippen molar-refractivity contribution in [3.8, 4) is 0 Å². The Kier molecular flexibility index (Phi) is 2.64. The number of hydrogen-bond donors (Lipinski definition) is 1. The summed E-state index contributed by atoms with van der Waals surface area (Å²) in [6.07, 6.45) is 0.716. The van der Waals surface area contributed by atoms with Crippen molar-refractivity contribution in [3.63, 3.8) is 0 Å². The molecule has 0 bridgehead atoms. The molecule has 0 radical (unpaired) electrons. The van der Waals surface area contributed by atoms with E-state index in [4.69, 9.17) is 9.52 Å². The Morgan fingerprint density at radius 3 is 2.88 bits per heavy atom. The van der Waals surface area contributed by atoms with Gasteiger partial charge in [0.05, 0.1) is 0 Å². The topological polar surface area (TPSA) is 63.3 Å². The smallest absolute Gasteiger partial charge is 0.339 e. The minimum Gasteiger partial charge on any atom is -0.478 e. The Morgan fingerprint density at radius 1 is 1.50 bits per heavy atom. The Balaban J connectivity index is 2.52. The molecule has 0 amide bonds. The van der Waals surface area contributed by atoms with Crippen molar-refractivity contribution in [1.29, 1.82) is 0 Å². The average Bonchev–Trinajstić information content (AvgIpc) is 2.57. The van der Waals surface area contributed by atoms with E-state index in [2.05, 4.69) is 18.8 Å². The molecule has 1 aromatic carbocycles. The quantitative estimate of drug-likeness (QED) is 0.862. The maximum Gasteiger partial charge on any atom is 0.339 e. The summed E-state index contributed by atoms with van der Waals surface area (Å²) in [5.41, 5.74) is 1.14. The lowest BCUT2D eigenvalue weighted by molar-refractivity contribution is 0.0698. The highest BCUT2D eigenvalue weighted by molar-refractivity contribution is 5.99. The Labute approximate surface area is 92.9 Å². The van der Waals surface area contributed by atoms with Crippen molar-refractivity contribution < 1.29 is 14.3 Å². The maximum atomic E-state index is 11.0. The van der Waals surface area contributed by atoms with Crippen LogP contribution in [0.1, 0.15) is 30.1 Å². The molecule has 2 rings (SSSR count). The van der Waals surface area contributed by atoms with Gasteiger partial charge in [-0.3, -0.25) is 0 Å². The first-order valence-corrected chi connectivity index (χ1v) is 5.19. The van der Waals surface area contributed by atoms with E-state index in [1.807, 2.05) is 0 Å². The van der Waals surface area contributed by atoms with Crippen molar-refractivity contribution in [1.82, 2.24) is 4.98 Å². The fourth-order valence-electron chi connectivity index (χ4n) is 1.60. The zero-order valence-corrected chi connectivity index (χ0v) is 9.23. The van der Waals surface area contributed by atoms with E-state index < -0.39 is 5.97 Å². The number of hydrogen-bond acceptors (Lipinski definition) is 3. The molecule has 16 heavy (non-hydrogen) atoms. The first-order valence-electron chi connectivity index (χ1n) is 5.19. The van der Waals surface area contributed by atoms with Crippen molar-refractivity contribution in [3.05, 3.63) is 29.7 Å². The molecule has 0 fully saturated rings. The molecule has 0 saturated carbocycles. The van der Waals surface area contributed by atoms with Gasteiger partial charge in [0.15, 0.2) is 11.5 Å². The summed E-state index contributed by atoms with van der Waals surface area (Å²) < 4.78 is 5.48. The Bertz CT molecular complexity index is 528. The van der Waals surface area contributed by atoms with E-state index in [-0.39, 0.29) is 5.56 Å². The second-order valence-electron chi connectivity index (χ2n) is 4.16. The molecule has 0 unspecified atom stereocenters. The second kappa shape index (κ2) is 3.96. The number of para-hydroxylation sites is 1. The summed E-state index contributed by atoms with van der Waals surface area (Å²) in [4.78, 5) is 15.2. The van der Waals surface area contributed by atoms with Gasteiger partial charge >= 0.3 is 5.97 Å². The zero-order chi connectivity index (χ0) is 11.7. The van der Waals surface area contributed by atoms with Gasteiger partial charge in [-0.15, -0.1) is 0 Å². The van der Waals surface area contributed by atoms with Crippen molar-refractivity contribution in [2.75, 3.05) is 0 Å². The number of benzene rings is 1. The van der Waals surface area contributed by atoms with Gasteiger partial charge in [0.25, 0.3) is 0 Å². The van der Waals surface area contributed by atoms with Crippen LogP contribution in [0.15, 0.2) is 22.6 Å². The molecule has 4 heteroatoms. The van der Waals surface area contributed by atoms with Crippen LogP contribution in [0.25, 0.3) is 11.1 Å². The number of rotatable bonds is 3. The van der Waals surface area contributed by atoms with Crippen molar-refractivity contribution in [2.45, 2.75) is 20.3 Å². The molecule has 84 valence electrons. The molecule has 2 aromatic rings. The molecule has 0 aliphatic heterocycles. The highest BCUT2D eigenvalue weighted by atomic mass is 16.4. The number of aromatic carboxylic acids is 1. The minimum absolute atomic E-state index is 0.167. The molecule has 0 aliphatic carbocycles. The van der Waals surface area contributed by atoms with Crippen LogP contribution in [0.5, 0.6) is 0 Å². The normalized spacial score (nSPS) is 11.2. The number of carbonyl (C=O) groups is 1. The van der Waals surface area contributed by atoms with Crippen LogP contribution in [0.4, 0.5) is 0 Å². The number of carboxylic acid groups (broad SMARTS) is 1. The molecular weight excluding hydrogens is 206 g/mol. The summed E-state index contributed by atoms with van der Waals surface area (Å²) in [6.45, 7) is 4.12. The number of carboxylic acids is 1. The predicted molar refractivity (Wildman–Crippen MR) is 59.5 cm³/mol. The average molecular weight is 219 g/mol. The van der Waals surface area contributed by atoms with E-state index in [1.165, 1.54) is 6.07 Å². The van der Waals surface area contributed by atoms with Crippen molar-refractivity contribution >= 4 is 17.1 Å². The third-order valence-electron chi connectivity index (χ3n) is 2.27. The summed E-state index contributed by atoms with van der Waals surface area (Å²) >= 11 is 0. The molecule has 1 aromatic heterocycles. The van der Waals surface area contributed by atoms with Crippen LogP contribution in [-0.2, 0) is 6.42 Å². The van der Waals surface area contributed by atoms with Gasteiger partial charge in [-0.2, -0.15) is 0 Å². The number of aromatic nitrogens is 1. The fourth-order valence-corrected chi connectivity index (χ4v) is 1.60. The fraction of sp³-hybridized carbons (Fsp3) is 0.333. The Morgan fingerprint density at radius 2 is 2.25 bits per heavy atom. The molecule has 1 heterocycles. The highest BCUT2D eigenvalue weighted by Gasteiger charge is 2.14. The third-order valence-corrected chi connectivity index (χ3v) is 2.27. The maximum absolute atomic E-state index is 11.0. The number of nitrogens with zero attached hydrogens (tertiary/aromatic N) is 1. The van der Waals surface area contributed by atoms with E-state index in [9.17, 15) is 4.79 Å². The lowest BCUT2D eigenvalue weighted by atomic mass is 10.1. The van der Waals surface area contributed by atoms with Gasteiger partial charge in [-0.1, -0.05) is 19.9 Å². The predicted octanol–water partition coefficient (Wildman–Crippen LogP) is 2.72. The number of oxazole rings is 1. The molecule has 4 nitrogen and oxygen atoms in total. The van der Waals surface area contributed by atoms with Crippen LogP contribution < -0.4 is 0 Å². The van der Waals surface area contributed by atoms with Gasteiger partial charge in [0.2, 0.25) is 0 Å². The summed E-state index contributed by atoms with van der Waals surface area (Å²) in [6, 6.07) is 4.96. The van der Waals surface area contributed by atoms with Gasteiger partial charge < -0.3 is 9.52 Å². The van der Waals surface area contributed by atoms with E-state index >= 15 is 0 Å². The van der Waals surface area contributed by atoms with E-state index in [0.29, 0.717) is 29.3 Å². The van der Waals surface area contributed by atoms with Crippen LogP contribution in [0.3, 0.4) is 0 Å². The SMILES string of the molecule is CC(C)Cc1nc2cccc(C(=O)O)c2o1. The summed E-state index contributed by atoms with van der Waals surface area (Å²) in [5, 5.41) is 8.99.